The number of hydrogen-bond acceptors (Lipinski definition) is 3. The molecule has 0 saturated carbocycles. The minimum Gasteiger partial charge on any atom is -0.497 e. The summed E-state index contributed by atoms with van der Waals surface area (Å²) in [5.41, 5.74) is 10.1. The normalized spacial score (nSPS) is 15.2. The van der Waals surface area contributed by atoms with Crippen molar-refractivity contribution in [3.63, 3.8) is 0 Å². The van der Waals surface area contributed by atoms with Crippen molar-refractivity contribution in [3.8, 4) is 5.75 Å². The van der Waals surface area contributed by atoms with Gasteiger partial charge in [-0.2, -0.15) is 0 Å². The third-order valence-electron chi connectivity index (χ3n) is 4.43. The third-order valence-corrected chi connectivity index (χ3v) is 4.43. The summed E-state index contributed by atoms with van der Waals surface area (Å²) in [6, 6.07) is 16.3. The van der Waals surface area contributed by atoms with Crippen LogP contribution in [-0.4, -0.2) is 20.2 Å². The lowest BCUT2D eigenvalue weighted by molar-refractivity contribution is 0.415. The Morgan fingerprint density at radius 2 is 1.62 bits per heavy atom. The fraction of sp³-hybridized carbons (Fsp3) is 0.429. The van der Waals surface area contributed by atoms with Crippen LogP contribution in [0.25, 0.3) is 0 Å². The minimum atomic E-state index is 0.123. The zero-order chi connectivity index (χ0) is 17.4. The molecular weight excluding hydrogens is 296 g/mol. The van der Waals surface area contributed by atoms with E-state index in [9.17, 15) is 0 Å². The van der Waals surface area contributed by atoms with Crippen LogP contribution in [0.1, 0.15) is 43.4 Å². The molecule has 1 unspecified atom stereocenters. The SMILES string of the molecule is COc1ccccc1.Cc1cccc(N2CCCCC2)c1C(C)N. The summed E-state index contributed by atoms with van der Waals surface area (Å²) < 4.78 is 4.91. The van der Waals surface area contributed by atoms with Crippen LogP contribution < -0.4 is 15.4 Å². The third kappa shape index (κ3) is 5.00. The van der Waals surface area contributed by atoms with Crippen molar-refractivity contribution < 1.29 is 4.74 Å². The highest BCUT2D eigenvalue weighted by molar-refractivity contribution is 5.58. The second-order valence-corrected chi connectivity index (χ2v) is 6.36. The summed E-state index contributed by atoms with van der Waals surface area (Å²) in [4.78, 5) is 2.50. The van der Waals surface area contributed by atoms with E-state index in [4.69, 9.17) is 10.5 Å². The molecule has 3 nitrogen and oxygen atoms in total. The minimum absolute atomic E-state index is 0.123. The smallest absolute Gasteiger partial charge is 0.118 e. The van der Waals surface area contributed by atoms with Crippen molar-refractivity contribution in [2.45, 2.75) is 39.2 Å². The number of methoxy groups -OCH3 is 1. The van der Waals surface area contributed by atoms with Crippen molar-refractivity contribution in [2.24, 2.45) is 5.73 Å². The van der Waals surface area contributed by atoms with Gasteiger partial charge in [-0.3, -0.25) is 0 Å². The summed E-state index contributed by atoms with van der Waals surface area (Å²) in [6.45, 7) is 6.61. The van der Waals surface area contributed by atoms with Crippen LogP contribution in [0, 0.1) is 6.92 Å². The van der Waals surface area contributed by atoms with Gasteiger partial charge in [0.25, 0.3) is 0 Å². The Labute approximate surface area is 146 Å². The Balaban J connectivity index is 0.000000219. The number of para-hydroxylation sites is 1. The molecule has 2 aromatic carbocycles. The van der Waals surface area contributed by atoms with Crippen LogP contribution in [0.4, 0.5) is 5.69 Å². The fourth-order valence-corrected chi connectivity index (χ4v) is 3.22. The van der Waals surface area contributed by atoms with Gasteiger partial charge in [-0.25, -0.2) is 0 Å². The molecule has 3 heteroatoms. The summed E-state index contributed by atoms with van der Waals surface area (Å²) >= 11 is 0. The van der Waals surface area contributed by atoms with Gasteiger partial charge in [-0.05, 0) is 62.4 Å². The van der Waals surface area contributed by atoms with Crippen LogP contribution in [0.2, 0.25) is 0 Å². The lowest BCUT2D eigenvalue weighted by Crippen LogP contribution is -2.31. The number of ether oxygens (including phenoxy) is 1. The van der Waals surface area contributed by atoms with Crippen LogP contribution in [0.3, 0.4) is 0 Å². The van der Waals surface area contributed by atoms with Gasteiger partial charge in [-0.1, -0.05) is 30.3 Å². The number of aryl methyl sites for hydroxylation is 1. The molecule has 24 heavy (non-hydrogen) atoms. The Hall–Kier alpha value is -2.00. The van der Waals surface area contributed by atoms with Crippen molar-refractivity contribution in [3.05, 3.63) is 59.7 Å². The van der Waals surface area contributed by atoms with E-state index in [1.807, 2.05) is 30.3 Å². The van der Waals surface area contributed by atoms with Gasteiger partial charge in [0, 0.05) is 24.8 Å². The van der Waals surface area contributed by atoms with Crippen molar-refractivity contribution in [1.82, 2.24) is 0 Å². The Morgan fingerprint density at radius 3 is 2.17 bits per heavy atom. The largest absolute Gasteiger partial charge is 0.497 e. The average molecular weight is 326 g/mol. The van der Waals surface area contributed by atoms with Gasteiger partial charge < -0.3 is 15.4 Å². The molecule has 1 atom stereocenters. The molecule has 0 aromatic heterocycles. The zero-order valence-electron chi connectivity index (χ0n) is 15.2. The molecule has 1 fully saturated rings. The first-order valence-corrected chi connectivity index (χ1v) is 8.82. The Bertz CT molecular complexity index is 604. The first-order valence-electron chi connectivity index (χ1n) is 8.82. The first-order chi connectivity index (χ1) is 11.6. The van der Waals surface area contributed by atoms with Crippen molar-refractivity contribution >= 4 is 5.69 Å². The van der Waals surface area contributed by atoms with E-state index in [0.717, 1.165) is 5.75 Å². The van der Waals surface area contributed by atoms with Crippen LogP contribution in [-0.2, 0) is 0 Å². The number of benzene rings is 2. The van der Waals surface area contributed by atoms with Crippen molar-refractivity contribution in [2.75, 3.05) is 25.1 Å². The molecule has 0 amide bonds. The van der Waals surface area contributed by atoms with Gasteiger partial charge in [0.05, 0.1) is 7.11 Å². The summed E-state index contributed by atoms with van der Waals surface area (Å²) in [5.74, 6) is 0.910. The Morgan fingerprint density at radius 1 is 0.958 bits per heavy atom. The number of nitrogens with zero attached hydrogens (tertiary/aromatic N) is 1. The second-order valence-electron chi connectivity index (χ2n) is 6.36. The van der Waals surface area contributed by atoms with Crippen LogP contribution in [0.5, 0.6) is 5.75 Å². The molecule has 1 heterocycles. The summed E-state index contributed by atoms with van der Waals surface area (Å²) in [5, 5.41) is 0. The number of piperidine rings is 1. The highest BCUT2D eigenvalue weighted by Gasteiger charge is 2.17. The van der Waals surface area contributed by atoms with Crippen LogP contribution >= 0.6 is 0 Å². The lowest BCUT2D eigenvalue weighted by atomic mass is 9.98. The van der Waals surface area contributed by atoms with E-state index < -0.39 is 0 Å². The molecule has 2 N–H and O–H groups in total. The van der Waals surface area contributed by atoms with E-state index in [-0.39, 0.29) is 6.04 Å². The predicted molar refractivity (Wildman–Crippen MR) is 103 cm³/mol. The molecule has 1 saturated heterocycles. The maximum absolute atomic E-state index is 6.10. The van der Waals surface area contributed by atoms with E-state index >= 15 is 0 Å². The van der Waals surface area contributed by atoms with Gasteiger partial charge >= 0.3 is 0 Å². The Kier molecular flexibility index (Phi) is 7.13. The van der Waals surface area contributed by atoms with Gasteiger partial charge in [0.15, 0.2) is 0 Å². The number of nitrogens with two attached hydrogens (primary N) is 1. The second kappa shape index (κ2) is 9.33. The molecule has 1 aliphatic rings. The zero-order valence-corrected chi connectivity index (χ0v) is 15.2. The quantitative estimate of drug-likeness (QED) is 0.888. The lowest BCUT2D eigenvalue weighted by Gasteiger charge is -2.32. The van der Waals surface area contributed by atoms with E-state index in [2.05, 4.69) is 36.9 Å². The molecule has 130 valence electrons. The number of hydrogen-bond donors (Lipinski definition) is 1. The number of anilines is 1. The van der Waals surface area contributed by atoms with E-state index in [1.54, 1.807) is 7.11 Å². The highest BCUT2D eigenvalue weighted by Crippen LogP contribution is 2.30. The fourth-order valence-electron chi connectivity index (χ4n) is 3.22. The summed E-state index contributed by atoms with van der Waals surface area (Å²) in [6.07, 6.45) is 3.99. The standard InChI is InChI=1S/C14H22N2.C7H8O/c1-11-7-6-8-13(14(11)12(2)15)16-9-4-3-5-10-16;1-8-7-5-3-2-4-6-7/h6-8,12H,3-5,9-10,15H2,1-2H3;2-6H,1H3. The maximum Gasteiger partial charge on any atom is 0.118 e. The molecule has 2 aromatic rings. The molecule has 1 aliphatic heterocycles. The summed E-state index contributed by atoms with van der Waals surface area (Å²) in [7, 11) is 1.66. The maximum atomic E-state index is 6.10. The topological polar surface area (TPSA) is 38.5 Å². The van der Waals surface area contributed by atoms with E-state index in [0.29, 0.717) is 0 Å². The first kappa shape index (κ1) is 18.3. The predicted octanol–water partition coefficient (Wildman–Crippen LogP) is 4.70. The molecule has 0 bridgehead atoms. The van der Waals surface area contributed by atoms with Gasteiger partial charge in [0.1, 0.15) is 5.75 Å². The van der Waals surface area contributed by atoms with Gasteiger partial charge in [-0.15, -0.1) is 0 Å². The number of rotatable bonds is 3. The monoisotopic (exact) mass is 326 g/mol. The molecule has 0 aliphatic carbocycles. The highest BCUT2D eigenvalue weighted by atomic mass is 16.5. The van der Waals surface area contributed by atoms with E-state index in [1.165, 1.54) is 49.2 Å². The molecule has 0 radical (unpaired) electrons. The molecule has 0 spiro atoms. The van der Waals surface area contributed by atoms with Crippen molar-refractivity contribution in [1.29, 1.82) is 0 Å². The molecule has 3 rings (SSSR count). The average Bonchev–Trinajstić information content (AvgIpc) is 2.63. The van der Waals surface area contributed by atoms with Gasteiger partial charge in [0.2, 0.25) is 0 Å². The van der Waals surface area contributed by atoms with Crippen LogP contribution in [0.15, 0.2) is 48.5 Å². The molecular formula is C21H30N2O.